The second-order valence-electron chi connectivity index (χ2n) is 7.19. The molecule has 2 aromatic rings. The topological polar surface area (TPSA) is 85.7 Å². The number of halogens is 3. The summed E-state index contributed by atoms with van der Waals surface area (Å²) in [7, 11) is 3.10. The normalized spacial score (nSPS) is 16.7. The summed E-state index contributed by atoms with van der Waals surface area (Å²) >= 11 is 0. The fourth-order valence-corrected chi connectivity index (χ4v) is 3.51. The highest BCUT2D eigenvalue weighted by atomic mass is 19.4. The molecule has 1 N–H and O–H groups in total. The smallest absolute Gasteiger partial charge is 0.479 e. The minimum Gasteiger partial charge on any atom is -0.479 e. The van der Waals surface area contributed by atoms with E-state index >= 15 is 0 Å². The lowest BCUT2D eigenvalue weighted by Crippen LogP contribution is -2.45. The zero-order valence-electron chi connectivity index (χ0n) is 17.1. The lowest BCUT2D eigenvalue weighted by molar-refractivity contribution is -0.274. The highest BCUT2D eigenvalue weighted by molar-refractivity contribution is 5.96. The standard InChI is InChI=1S/C20H23F3N4O4/c1-26-12-15(18(25-26)30-2)19(29)27-9-5-7-14(11-27)17(28)24-10-13-6-3-4-8-16(13)31-20(21,22)23/h3-4,6,8,12,14H,5,7,9-11H2,1-2H3,(H,24,28)/t14-/m1/s1. The summed E-state index contributed by atoms with van der Waals surface area (Å²) in [5.74, 6) is -1.25. The minimum absolute atomic E-state index is 0.119. The van der Waals surface area contributed by atoms with Gasteiger partial charge in [-0.2, -0.15) is 0 Å². The lowest BCUT2D eigenvalue weighted by Gasteiger charge is -2.32. The number of para-hydroxylation sites is 1. The number of likely N-dealkylation sites (tertiary alicyclic amines) is 1. The van der Waals surface area contributed by atoms with Crippen molar-refractivity contribution in [2.24, 2.45) is 13.0 Å². The summed E-state index contributed by atoms with van der Waals surface area (Å²) in [6.07, 6.45) is -2.07. The number of hydrogen-bond donors (Lipinski definition) is 1. The van der Waals surface area contributed by atoms with Crippen molar-refractivity contribution in [3.8, 4) is 11.6 Å². The van der Waals surface area contributed by atoms with Crippen LogP contribution in [0.5, 0.6) is 11.6 Å². The fourth-order valence-electron chi connectivity index (χ4n) is 3.51. The van der Waals surface area contributed by atoms with Crippen molar-refractivity contribution in [3.05, 3.63) is 41.6 Å². The Hall–Kier alpha value is -3.24. The van der Waals surface area contributed by atoms with Gasteiger partial charge >= 0.3 is 6.36 Å². The molecule has 2 heterocycles. The third-order valence-corrected chi connectivity index (χ3v) is 4.95. The van der Waals surface area contributed by atoms with Crippen LogP contribution in [0.4, 0.5) is 13.2 Å². The third kappa shape index (κ3) is 5.68. The van der Waals surface area contributed by atoms with Gasteiger partial charge in [-0.15, -0.1) is 18.3 Å². The summed E-state index contributed by atoms with van der Waals surface area (Å²) < 4.78 is 48.3. The van der Waals surface area contributed by atoms with Gasteiger partial charge in [0.05, 0.1) is 13.0 Å². The monoisotopic (exact) mass is 440 g/mol. The highest BCUT2D eigenvalue weighted by Gasteiger charge is 2.33. The molecule has 0 spiro atoms. The van der Waals surface area contributed by atoms with Gasteiger partial charge in [0.2, 0.25) is 11.8 Å². The van der Waals surface area contributed by atoms with E-state index in [1.54, 1.807) is 24.2 Å². The number of carbonyl (C=O) groups is 2. The van der Waals surface area contributed by atoms with Crippen molar-refractivity contribution in [1.29, 1.82) is 0 Å². The zero-order valence-corrected chi connectivity index (χ0v) is 17.1. The molecule has 0 unspecified atom stereocenters. The number of carbonyl (C=O) groups excluding carboxylic acids is 2. The Morgan fingerprint density at radius 1 is 1.29 bits per heavy atom. The van der Waals surface area contributed by atoms with Crippen LogP contribution in [0.15, 0.2) is 30.5 Å². The average molecular weight is 440 g/mol. The number of alkyl halides is 3. The van der Waals surface area contributed by atoms with Gasteiger partial charge in [-0.05, 0) is 18.9 Å². The van der Waals surface area contributed by atoms with Gasteiger partial charge < -0.3 is 19.7 Å². The quantitative estimate of drug-likeness (QED) is 0.746. The number of rotatable bonds is 6. The maximum absolute atomic E-state index is 12.9. The highest BCUT2D eigenvalue weighted by Crippen LogP contribution is 2.27. The van der Waals surface area contributed by atoms with Crippen molar-refractivity contribution in [1.82, 2.24) is 20.0 Å². The molecule has 1 atom stereocenters. The molecular weight excluding hydrogens is 417 g/mol. The summed E-state index contributed by atoms with van der Waals surface area (Å²) in [5, 5.41) is 6.73. The average Bonchev–Trinajstić information content (AvgIpc) is 3.12. The number of piperidine rings is 1. The van der Waals surface area contributed by atoms with Gasteiger partial charge in [0.25, 0.3) is 5.91 Å². The Kier molecular flexibility index (Phi) is 6.71. The Balaban J connectivity index is 1.62. The summed E-state index contributed by atoms with van der Waals surface area (Å²) in [5.41, 5.74) is 0.515. The molecule has 8 nitrogen and oxygen atoms in total. The molecule has 1 aromatic carbocycles. The molecule has 0 bridgehead atoms. The first kappa shape index (κ1) is 22.4. The molecular formula is C20H23F3N4O4. The first-order valence-corrected chi connectivity index (χ1v) is 9.66. The van der Waals surface area contributed by atoms with Gasteiger partial charge in [0.1, 0.15) is 11.3 Å². The van der Waals surface area contributed by atoms with Crippen LogP contribution >= 0.6 is 0 Å². The van der Waals surface area contributed by atoms with Gasteiger partial charge in [0.15, 0.2) is 0 Å². The molecule has 0 radical (unpaired) electrons. The fraction of sp³-hybridized carbons (Fsp3) is 0.450. The van der Waals surface area contributed by atoms with Crippen LogP contribution in [0.1, 0.15) is 28.8 Å². The molecule has 1 aromatic heterocycles. The lowest BCUT2D eigenvalue weighted by atomic mass is 9.96. The number of hydrogen-bond acceptors (Lipinski definition) is 5. The predicted octanol–water partition coefficient (Wildman–Crippen LogP) is 2.50. The number of benzene rings is 1. The first-order chi connectivity index (χ1) is 14.7. The van der Waals surface area contributed by atoms with E-state index in [-0.39, 0.29) is 42.1 Å². The number of aromatic nitrogens is 2. The molecule has 1 aliphatic rings. The third-order valence-electron chi connectivity index (χ3n) is 4.95. The van der Waals surface area contributed by atoms with E-state index < -0.39 is 12.3 Å². The Labute approximate surface area is 176 Å². The van der Waals surface area contributed by atoms with Crippen LogP contribution in [0, 0.1) is 5.92 Å². The SMILES string of the molecule is COc1nn(C)cc1C(=O)N1CCC[C@@H](C(=O)NCc2ccccc2OC(F)(F)F)C1. The van der Waals surface area contributed by atoms with Crippen LogP contribution in [0.25, 0.3) is 0 Å². The zero-order chi connectivity index (χ0) is 22.6. The number of aryl methyl sites for hydroxylation is 1. The van der Waals surface area contributed by atoms with Crippen LogP contribution in [-0.4, -0.2) is 53.1 Å². The van der Waals surface area contributed by atoms with E-state index in [1.807, 2.05) is 0 Å². The van der Waals surface area contributed by atoms with Crippen molar-refractivity contribution in [2.75, 3.05) is 20.2 Å². The Morgan fingerprint density at radius 3 is 2.74 bits per heavy atom. The van der Waals surface area contributed by atoms with Gasteiger partial charge in [-0.25, -0.2) is 0 Å². The molecule has 0 saturated carbocycles. The number of ether oxygens (including phenoxy) is 2. The summed E-state index contributed by atoms with van der Waals surface area (Å²) in [6, 6.07) is 5.63. The first-order valence-electron chi connectivity index (χ1n) is 9.66. The van der Waals surface area contributed by atoms with Crippen molar-refractivity contribution in [2.45, 2.75) is 25.7 Å². The second-order valence-corrected chi connectivity index (χ2v) is 7.19. The van der Waals surface area contributed by atoms with E-state index in [1.165, 1.54) is 30.0 Å². The molecule has 1 aliphatic heterocycles. The van der Waals surface area contributed by atoms with Crippen molar-refractivity contribution < 1.29 is 32.2 Å². The molecule has 0 aliphatic carbocycles. The Morgan fingerprint density at radius 2 is 2.03 bits per heavy atom. The van der Waals surface area contributed by atoms with Gasteiger partial charge in [-0.3, -0.25) is 14.3 Å². The van der Waals surface area contributed by atoms with Crippen LogP contribution in [0.3, 0.4) is 0 Å². The number of nitrogens with one attached hydrogen (secondary N) is 1. The van der Waals surface area contributed by atoms with Crippen LogP contribution < -0.4 is 14.8 Å². The number of amides is 2. The van der Waals surface area contributed by atoms with E-state index in [0.717, 1.165) is 0 Å². The molecule has 2 amide bonds. The Bertz CT molecular complexity index is 945. The van der Waals surface area contributed by atoms with E-state index in [0.29, 0.717) is 24.9 Å². The molecule has 168 valence electrons. The van der Waals surface area contributed by atoms with Crippen LogP contribution in [0.2, 0.25) is 0 Å². The van der Waals surface area contributed by atoms with Crippen LogP contribution in [-0.2, 0) is 18.4 Å². The van der Waals surface area contributed by atoms with E-state index in [2.05, 4.69) is 15.2 Å². The largest absolute Gasteiger partial charge is 0.573 e. The molecule has 1 fully saturated rings. The summed E-state index contributed by atoms with van der Waals surface area (Å²) in [6.45, 7) is 0.568. The van der Waals surface area contributed by atoms with Crippen molar-refractivity contribution >= 4 is 11.8 Å². The molecule has 1 saturated heterocycles. The number of methoxy groups -OCH3 is 1. The van der Waals surface area contributed by atoms with Gasteiger partial charge in [-0.1, -0.05) is 18.2 Å². The molecule has 31 heavy (non-hydrogen) atoms. The molecule has 3 rings (SSSR count). The minimum atomic E-state index is -4.82. The van der Waals surface area contributed by atoms with E-state index in [4.69, 9.17) is 4.74 Å². The predicted molar refractivity (Wildman–Crippen MR) is 103 cm³/mol. The maximum Gasteiger partial charge on any atom is 0.573 e. The number of nitrogens with zero attached hydrogens (tertiary/aromatic N) is 3. The van der Waals surface area contributed by atoms with Crippen molar-refractivity contribution in [3.63, 3.8) is 0 Å². The summed E-state index contributed by atoms with van der Waals surface area (Å²) in [4.78, 5) is 27.1. The maximum atomic E-state index is 12.9. The molecule has 11 heteroatoms. The second kappa shape index (κ2) is 9.27. The van der Waals surface area contributed by atoms with E-state index in [9.17, 15) is 22.8 Å². The van der Waals surface area contributed by atoms with Gasteiger partial charge in [0, 0.05) is 38.4 Å².